The van der Waals surface area contributed by atoms with Crippen molar-refractivity contribution < 1.29 is 22.9 Å². The third-order valence-corrected chi connectivity index (χ3v) is 8.65. The summed E-state index contributed by atoms with van der Waals surface area (Å²) < 4.78 is 28.5. The van der Waals surface area contributed by atoms with Gasteiger partial charge in [-0.05, 0) is 61.7 Å². The van der Waals surface area contributed by atoms with Gasteiger partial charge < -0.3 is 10.2 Å². The highest BCUT2D eigenvalue weighted by Gasteiger charge is 2.34. The summed E-state index contributed by atoms with van der Waals surface area (Å²) in [6.45, 7) is 4.95. The van der Waals surface area contributed by atoms with E-state index in [-0.39, 0.29) is 41.2 Å². The van der Waals surface area contributed by atoms with E-state index >= 15 is 0 Å². The summed E-state index contributed by atoms with van der Waals surface area (Å²) in [5.74, 6) is -0.971. The molecule has 0 saturated heterocycles. The molecule has 2 amide bonds. The maximum absolute atomic E-state index is 14.0. The molecule has 0 spiro atoms. The van der Waals surface area contributed by atoms with Gasteiger partial charge in [0.05, 0.1) is 15.5 Å². The lowest BCUT2D eigenvalue weighted by Crippen LogP contribution is -2.53. The fourth-order valence-electron chi connectivity index (χ4n) is 4.14. The molecule has 3 rings (SSSR count). The number of carbonyl (C=O) groups excluding carboxylic acids is 2. The van der Waals surface area contributed by atoms with Gasteiger partial charge in [0, 0.05) is 29.7 Å². The zero-order chi connectivity index (χ0) is 30.2. The number of nitrogens with one attached hydrogen (secondary N) is 1. The quantitative estimate of drug-likeness (QED) is 0.213. The Morgan fingerprint density at radius 1 is 0.951 bits per heavy atom. The van der Waals surface area contributed by atoms with Crippen molar-refractivity contribution in [1.82, 2.24) is 10.2 Å². The van der Waals surface area contributed by atoms with Gasteiger partial charge in [0.2, 0.25) is 11.8 Å². The lowest BCUT2D eigenvalue weighted by Gasteiger charge is -2.33. The van der Waals surface area contributed by atoms with E-state index in [0.29, 0.717) is 17.0 Å². The SMILES string of the molecule is CCC(C)NC(=O)C(CC)N(Cc1ccc(Cl)cc1)C(=O)CN(c1ccc([N+](=O)[O-])cc1)S(=O)(=O)c1ccccc1. The number of nitrogens with zero attached hydrogens (tertiary/aromatic N) is 3. The minimum Gasteiger partial charge on any atom is -0.352 e. The van der Waals surface area contributed by atoms with E-state index in [1.54, 1.807) is 49.4 Å². The number of nitro groups is 1. The van der Waals surface area contributed by atoms with Gasteiger partial charge in [-0.1, -0.05) is 55.8 Å². The lowest BCUT2D eigenvalue weighted by atomic mass is 10.1. The van der Waals surface area contributed by atoms with Crippen molar-refractivity contribution in [2.45, 2.75) is 57.1 Å². The van der Waals surface area contributed by atoms with Crippen molar-refractivity contribution in [3.05, 3.63) is 99.6 Å². The van der Waals surface area contributed by atoms with Crippen LogP contribution in [-0.4, -0.2) is 48.7 Å². The molecule has 10 nitrogen and oxygen atoms in total. The molecular formula is C29H33ClN4O6S. The van der Waals surface area contributed by atoms with Crippen LogP contribution in [0.3, 0.4) is 0 Å². The number of carbonyl (C=O) groups is 2. The van der Waals surface area contributed by atoms with E-state index in [2.05, 4.69) is 5.32 Å². The molecule has 218 valence electrons. The Balaban J connectivity index is 2.06. The Morgan fingerprint density at radius 2 is 1.56 bits per heavy atom. The summed E-state index contributed by atoms with van der Waals surface area (Å²) >= 11 is 6.04. The van der Waals surface area contributed by atoms with Crippen LogP contribution in [-0.2, 0) is 26.2 Å². The average Bonchev–Trinajstić information content (AvgIpc) is 2.97. The molecule has 0 aromatic heterocycles. The summed E-state index contributed by atoms with van der Waals surface area (Å²) in [5.41, 5.74) is 0.538. The number of benzene rings is 3. The van der Waals surface area contributed by atoms with Crippen LogP contribution >= 0.6 is 11.6 Å². The summed E-state index contributed by atoms with van der Waals surface area (Å²) in [7, 11) is -4.27. The fourth-order valence-corrected chi connectivity index (χ4v) is 5.70. The Morgan fingerprint density at radius 3 is 2.10 bits per heavy atom. The maximum atomic E-state index is 14.0. The number of non-ortho nitro benzene ring substituents is 1. The third-order valence-electron chi connectivity index (χ3n) is 6.61. The van der Waals surface area contributed by atoms with Crippen molar-refractivity contribution in [2.24, 2.45) is 0 Å². The normalized spacial score (nSPS) is 12.7. The van der Waals surface area contributed by atoms with Crippen LogP contribution in [0, 0.1) is 10.1 Å². The number of nitro benzene ring substituents is 1. The van der Waals surface area contributed by atoms with Crippen LogP contribution in [0.5, 0.6) is 0 Å². The van der Waals surface area contributed by atoms with Gasteiger partial charge in [-0.3, -0.25) is 24.0 Å². The number of anilines is 1. The van der Waals surface area contributed by atoms with Gasteiger partial charge in [0.25, 0.3) is 15.7 Å². The molecule has 0 heterocycles. The fraction of sp³-hybridized carbons (Fsp3) is 0.310. The molecule has 0 aliphatic heterocycles. The number of hydrogen-bond acceptors (Lipinski definition) is 6. The predicted molar refractivity (Wildman–Crippen MR) is 158 cm³/mol. The molecule has 2 unspecified atom stereocenters. The number of rotatable bonds is 13. The van der Waals surface area contributed by atoms with Crippen LogP contribution in [0.2, 0.25) is 5.02 Å². The molecule has 3 aromatic rings. The molecule has 0 aliphatic carbocycles. The molecule has 1 N–H and O–H groups in total. The summed E-state index contributed by atoms with van der Waals surface area (Å²) in [6, 6.07) is 18.3. The van der Waals surface area contributed by atoms with Crippen molar-refractivity contribution >= 4 is 44.8 Å². The number of hydrogen-bond donors (Lipinski definition) is 1. The Labute approximate surface area is 245 Å². The van der Waals surface area contributed by atoms with Gasteiger partial charge in [0.1, 0.15) is 12.6 Å². The highest BCUT2D eigenvalue weighted by Crippen LogP contribution is 2.27. The topological polar surface area (TPSA) is 130 Å². The minimum atomic E-state index is -4.27. The van der Waals surface area contributed by atoms with E-state index in [9.17, 15) is 28.1 Å². The molecule has 12 heteroatoms. The van der Waals surface area contributed by atoms with Gasteiger partial charge in [-0.2, -0.15) is 0 Å². The predicted octanol–water partition coefficient (Wildman–Crippen LogP) is 5.17. The van der Waals surface area contributed by atoms with Crippen molar-refractivity contribution in [3.63, 3.8) is 0 Å². The summed E-state index contributed by atoms with van der Waals surface area (Å²) in [5, 5.41) is 14.6. The van der Waals surface area contributed by atoms with E-state index in [0.717, 1.165) is 4.31 Å². The first-order valence-corrected chi connectivity index (χ1v) is 15.0. The largest absolute Gasteiger partial charge is 0.352 e. The molecule has 0 bridgehead atoms. The van der Waals surface area contributed by atoms with E-state index in [1.165, 1.54) is 41.3 Å². The molecule has 3 aromatic carbocycles. The van der Waals surface area contributed by atoms with Gasteiger partial charge in [0.15, 0.2) is 0 Å². The number of amides is 2. The van der Waals surface area contributed by atoms with Crippen LogP contribution in [0.15, 0.2) is 83.8 Å². The van der Waals surface area contributed by atoms with Crippen LogP contribution in [0.1, 0.15) is 39.2 Å². The van der Waals surface area contributed by atoms with Crippen LogP contribution in [0.4, 0.5) is 11.4 Å². The van der Waals surface area contributed by atoms with E-state index in [4.69, 9.17) is 11.6 Å². The van der Waals surface area contributed by atoms with Crippen molar-refractivity contribution in [1.29, 1.82) is 0 Å². The van der Waals surface area contributed by atoms with Gasteiger partial charge >= 0.3 is 0 Å². The maximum Gasteiger partial charge on any atom is 0.269 e. The zero-order valence-electron chi connectivity index (χ0n) is 23.1. The first-order valence-electron chi connectivity index (χ1n) is 13.1. The zero-order valence-corrected chi connectivity index (χ0v) is 24.6. The molecule has 0 fully saturated rings. The second kappa shape index (κ2) is 14.1. The third kappa shape index (κ3) is 8.05. The Hall–Kier alpha value is -3.96. The van der Waals surface area contributed by atoms with Crippen LogP contribution in [0.25, 0.3) is 0 Å². The molecule has 0 aliphatic rings. The average molecular weight is 601 g/mol. The monoisotopic (exact) mass is 600 g/mol. The molecule has 41 heavy (non-hydrogen) atoms. The smallest absolute Gasteiger partial charge is 0.269 e. The Kier molecular flexibility index (Phi) is 10.8. The lowest BCUT2D eigenvalue weighted by molar-refractivity contribution is -0.384. The Bertz CT molecular complexity index is 1450. The number of sulfonamides is 1. The van der Waals surface area contributed by atoms with Crippen molar-refractivity contribution in [2.75, 3.05) is 10.8 Å². The minimum absolute atomic E-state index is 0.0297. The first-order chi connectivity index (χ1) is 19.5. The highest BCUT2D eigenvalue weighted by molar-refractivity contribution is 7.92. The highest BCUT2D eigenvalue weighted by atomic mass is 35.5. The van der Waals surface area contributed by atoms with Crippen LogP contribution < -0.4 is 9.62 Å². The van der Waals surface area contributed by atoms with Crippen molar-refractivity contribution in [3.8, 4) is 0 Å². The van der Waals surface area contributed by atoms with E-state index in [1.807, 2.05) is 13.8 Å². The second-order valence-electron chi connectivity index (χ2n) is 9.49. The second-order valence-corrected chi connectivity index (χ2v) is 11.8. The molecule has 0 saturated carbocycles. The first kappa shape index (κ1) is 31.6. The molecule has 0 radical (unpaired) electrons. The van der Waals surface area contributed by atoms with Gasteiger partial charge in [-0.25, -0.2) is 8.42 Å². The standard InChI is InChI=1S/C29H33ClN4O6S/c1-4-21(3)31-29(36)27(5-2)32(19-22-11-13-23(30)14-12-22)28(35)20-33(24-15-17-25(18-16-24)34(37)38)41(39,40)26-9-7-6-8-10-26/h6-18,21,27H,4-5,19-20H2,1-3H3,(H,31,36). The summed E-state index contributed by atoms with van der Waals surface area (Å²) in [6.07, 6.45) is 0.973. The number of halogens is 1. The van der Waals surface area contributed by atoms with E-state index < -0.39 is 33.4 Å². The van der Waals surface area contributed by atoms with Gasteiger partial charge in [-0.15, -0.1) is 0 Å². The molecular weight excluding hydrogens is 568 g/mol. The summed E-state index contributed by atoms with van der Waals surface area (Å²) in [4.78, 5) is 39.2. The molecule has 2 atom stereocenters.